The van der Waals surface area contributed by atoms with Gasteiger partial charge in [0.2, 0.25) is 11.9 Å². The quantitative estimate of drug-likeness (QED) is 0.717. The van der Waals surface area contributed by atoms with Crippen molar-refractivity contribution in [1.29, 1.82) is 0 Å². The minimum absolute atomic E-state index is 0.0633. The molecule has 0 radical (unpaired) electrons. The number of rotatable bonds is 2. The predicted molar refractivity (Wildman–Crippen MR) is 92.2 cm³/mol. The maximum absolute atomic E-state index is 11.9. The van der Waals surface area contributed by atoms with Crippen LogP contribution in [-0.4, -0.2) is 27.0 Å². The van der Waals surface area contributed by atoms with E-state index in [0.717, 1.165) is 11.4 Å². The lowest BCUT2D eigenvalue weighted by Crippen LogP contribution is -2.26. The van der Waals surface area contributed by atoms with E-state index in [4.69, 9.17) is 4.42 Å². The lowest BCUT2D eigenvalue weighted by atomic mass is 10.1. The molecule has 0 atom stereocenters. The Balaban J connectivity index is 1.99. The van der Waals surface area contributed by atoms with E-state index in [-0.39, 0.29) is 5.91 Å². The van der Waals surface area contributed by atoms with Crippen molar-refractivity contribution >= 4 is 11.9 Å². The third-order valence-corrected chi connectivity index (χ3v) is 4.23. The van der Waals surface area contributed by atoms with Crippen LogP contribution >= 0.6 is 0 Å². The molecule has 3 aromatic heterocycles. The number of aryl methyl sites for hydroxylation is 1. The third kappa shape index (κ3) is 2.53. The van der Waals surface area contributed by atoms with Gasteiger partial charge in [-0.05, 0) is 25.1 Å². The first kappa shape index (κ1) is 15.3. The van der Waals surface area contributed by atoms with Crippen molar-refractivity contribution in [3.63, 3.8) is 0 Å². The molecule has 0 saturated carbocycles. The summed E-state index contributed by atoms with van der Waals surface area (Å²) in [5, 5.41) is 0. The normalized spacial score (nSPS) is 13.1. The highest BCUT2D eigenvalue weighted by Gasteiger charge is 2.30. The van der Waals surface area contributed by atoms with Crippen molar-refractivity contribution < 1.29 is 9.21 Å². The molecule has 7 heteroatoms. The fraction of sp³-hybridized carbons (Fsp3) is 0.222. The minimum Gasteiger partial charge on any atom is -0.431 e. The summed E-state index contributed by atoms with van der Waals surface area (Å²) < 4.78 is 6.80. The Labute approximate surface area is 143 Å². The van der Waals surface area contributed by atoms with Gasteiger partial charge in [0.25, 0.3) is 0 Å². The first-order valence-electron chi connectivity index (χ1n) is 7.96. The first-order valence-corrected chi connectivity index (χ1v) is 7.96. The van der Waals surface area contributed by atoms with Crippen molar-refractivity contribution in [2.45, 2.75) is 20.4 Å². The SMILES string of the molecule is CC(=O)N1CCn2c1nc(-c1cccc(C)n1)c2-c1ccoc(=O)c1. The van der Waals surface area contributed by atoms with E-state index >= 15 is 0 Å². The van der Waals surface area contributed by atoms with Crippen molar-refractivity contribution in [1.82, 2.24) is 14.5 Å². The van der Waals surface area contributed by atoms with Crippen LogP contribution in [0.15, 0.2) is 45.8 Å². The summed E-state index contributed by atoms with van der Waals surface area (Å²) in [7, 11) is 0. The summed E-state index contributed by atoms with van der Waals surface area (Å²) in [5.41, 5.74) is 3.25. The Bertz CT molecular complexity index is 1030. The summed E-state index contributed by atoms with van der Waals surface area (Å²) in [6, 6.07) is 8.85. The number of amides is 1. The van der Waals surface area contributed by atoms with Crippen LogP contribution in [0.4, 0.5) is 5.95 Å². The van der Waals surface area contributed by atoms with E-state index in [2.05, 4.69) is 9.97 Å². The molecule has 0 spiro atoms. The zero-order valence-corrected chi connectivity index (χ0v) is 13.9. The lowest BCUT2D eigenvalue weighted by Gasteiger charge is -2.09. The fourth-order valence-corrected chi connectivity index (χ4v) is 3.13. The highest BCUT2D eigenvalue weighted by atomic mass is 16.4. The van der Waals surface area contributed by atoms with Crippen molar-refractivity contribution in [2.75, 3.05) is 11.4 Å². The monoisotopic (exact) mass is 336 g/mol. The molecule has 25 heavy (non-hydrogen) atoms. The molecule has 1 aliphatic rings. The number of carbonyl (C=O) groups excluding carboxylic acids is 1. The molecule has 0 bridgehead atoms. The lowest BCUT2D eigenvalue weighted by molar-refractivity contribution is -0.116. The van der Waals surface area contributed by atoms with Gasteiger partial charge >= 0.3 is 5.63 Å². The molecule has 126 valence electrons. The molecule has 4 rings (SSSR count). The topological polar surface area (TPSA) is 81.2 Å². The van der Waals surface area contributed by atoms with Gasteiger partial charge in [-0.1, -0.05) is 6.07 Å². The van der Waals surface area contributed by atoms with Gasteiger partial charge in [-0.25, -0.2) is 9.78 Å². The van der Waals surface area contributed by atoms with Crippen LogP contribution in [-0.2, 0) is 11.3 Å². The molecular formula is C18H16N4O3. The zero-order chi connectivity index (χ0) is 17.6. The average molecular weight is 336 g/mol. The van der Waals surface area contributed by atoms with Crippen molar-refractivity contribution in [3.05, 3.63) is 52.7 Å². The summed E-state index contributed by atoms with van der Waals surface area (Å²) in [5.74, 6) is 0.515. The first-order chi connectivity index (χ1) is 12.0. The van der Waals surface area contributed by atoms with Crippen LogP contribution in [0.3, 0.4) is 0 Å². The van der Waals surface area contributed by atoms with Gasteiger partial charge in [0.15, 0.2) is 0 Å². The largest absolute Gasteiger partial charge is 0.431 e. The molecule has 0 N–H and O–H groups in total. The van der Waals surface area contributed by atoms with Gasteiger partial charge in [-0.3, -0.25) is 14.7 Å². The number of pyridine rings is 1. The van der Waals surface area contributed by atoms with E-state index in [0.29, 0.717) is 36.0 Å². The third-order valence-electron chi connectivity index (χ3n) is 4.23. The van der Waals surface area contributed by atoms with Crippen LogP contribution in [0.25, 0.3) is 22.6 Å². The molecule has 1 aliphatic heterocycles. The fourth-order valence-electron chi connectivity index (χ4n) is 3.13. The van der Waals surface area contributed by atoms with Crippen LogP contribution in [0.2, 0.25) is 0 Å². The van der Waals surface area contributed by atoms with Gasteiger partial charge in [-0.15, -0.1) is 0 Å². The Morgan fingerprint density at radius 2 is 2.04 bits per heavy atom. The van der Waals surface area contributed by atoms with Crippen LogP contribution in [0.1, 0.15) is 12.6 Å². The van der Waals surface area contributed by atoms with Crippen molar-refractivity contribution in [3.8, 4) is 22.6 Å². The molecule has 7 nitrogen and oxygen atoms in total. The highest BCUT2D eigenvalue weighted by Crippen LogP contribution is 2.37. The van der Waals surface area contributed by atoms with Crippen molar-refractivity contribution in [2.24, 2.45) is 0 Å². The number of fused-ring (bicyclic) bond motifs is 1. The highest BCUT2D eigenvalue weighted by molar-refractivity contribution is 5.92. The molecule has 0 fully saturated rings. The van der Waals surface area contributed by atoms with Gasteiger partial charge in [0.1, 0.15) is 5.69 Å². The number of hydrogen-bond donors (Lipinski definition) is 0. The number of aromatic nitrogens is 3. The van der Waals surface area contributed by atoms with E-state index in [1.165, 1.54) is 19.3 Å². The molecule has 0 aromatic carbocycles. The standard InChI is InChI=1S/C18H16N4O3/c1-11-4-3-5-14(19-11)16-17(13-6-9-25-15(24)10-13)22-8-7-21(12(2)23)18(22)20-16/h3-6,9-10H,7-8H2,1-2H3. The van der Waals surface area contributed by atoms with Gasteiger partial charge < -0.3 is 8.98 Å². The van der Waals surface area contributed by atoms with Crippen LogP contribution in [0, 0.1) is 6.92 Å². The molecule has 0 saturated heterocycles. The summed E-state index contributed by atoms with van der Waals surface area (Å²) in [4.78, 5) is 34.5. The van der Waals surface area contributed by atoms with E-state index in [9.17, 15) is 9.59 Å². The van der Waals surface area contributed by atoms with Gasteiger partial charge in [0.05, 0.1) is 17.7 Å². The number of carbonyl (C=O) groups is 1. The minimum atomic E-state index is -0.433. The molecule has 4 heterocycles. The van der Waals surface area contributed by atoms with E-state index in [1.54, 1.807) is 11.0 Å². The van der Waals surface area contributed by atoms with Gasteiger partial charge in [0, 0.05) is 37.3 Å². The Morgan fingerprint density at radius 1 is 1.20 bits per heavy atom. The second-order valence-corrected chi connectivity index (χ2v) is 5.93. The number of imidazole rings is 1. The summed E-state index contributed by atoms with van der Waals surface area (Å²) >= 11 is 0. The maximum atomic E-state index is 11.9. The molecule has 1 amide bonds. The summed E-state index contributed by atoms with van der Waals surface area (Å²) in [6.45, 7) is 4.61. The molecule has 0 aliphatic carbocycles. The van der Waals surface area contributed by atoms with Crippen LogP contribution in [0.5, 0.6) is 0 Å². The zero-order valence-electron chi connectivity index (χ0n) is 13.9. The molecular weight excluding hydrogens is 320 g/mol. The maximum Gasteiger partial charge on any atom is 0.336 e. The second-order valence-electron chi connectivity index (χ2n) is 5.93. The van der Waals surface area contributed by atoms with Gasteiger partial charge in [-0.2, -0.15) is 0 Å². The number of hydrogen-bond acceptors (Lipinski definition) is 5. The Hall–Kier alpha value is -3.22. The van der Waals surface area contributed by atoms with E-state index in [1.807, 2.05) is 29.7 Å². The average Bonchev–Trinajstić information content (AvgIpc) is 3.13. The van der Waals surface area contributed by atoms with E-state index < -0.39 is 5.63 Å². The predicted octanol–water partition coefficient (Wildman–Crippen LogP) is 2.24. The molecule has 0 unspecified atom stereocenters. The number of anilines is 1. The Morgan fingerprint density at radius 3 is 2.76 bits per heavy atom. The second kappa shape index (κ2) is 5.70. The summed E-state index contributed by atoms with van der Waals surface area (Å²) in [6.07, 6.45) is 1.36. The Kier molecular flexibility index (Phi) is 3.49. The number of nitrogens with zero attached hydrogens (tertiary/aromatic N) is 4. The smallest absolute Gasteiger partial charge is 0.336 e. The van der Waals surface area contributed by atoms with Crippen LogP contribution < -0.4 is 10.5 Å². The molecule has 3 aromatic rings.